The van der Waals surface area contributed by atoms with Gasteiger partial charge in [0.25, 0.3) is 11.1 Å². The number of alkyl halides is 6. The predicted octanol–water partition coefficient (Wildman–Crippen LogP) is 7.00. The van der Waals surface area contributed by atoms with E-state index in [-0.39, 0.29) is 40.2 Å². The minimum atomic E-state index is -4.96. The van der Waals surface area contributed by atoms with Crippen LogP contribution in [0.2, 0.25) is 18.1 Å². The summed E-state index contributed by atoms with van der Waals surface area (Å²) < 4.78 is 103. The molecule has 3 heterocycles. The maximum Gasteiger partial charge on any atom is 0.423 e. The maximum absolute atomic E-state index is 15.1. The van der Waals surface area contributed by atoms with E-state index in [1.165, 1.54) is 22.9 Å². The second-order valence-corrected chi connectivity index (χ2v) is 17.4. The first-order valence-corrected chi connectivity index (χ1v) is 17.3. The number of nitrogens with one attached hydrogen (secondary N) is 2. The monoisotopic (exact) mass is 686 g/mol. The highest BCUT2D eigenvalue weighted by molar-refractivity contribution is 6.74. The lowest BCUT2D eigenvalue weighted by Crippen LogP contribution is -2.48. The number of halogens is 7. The van der Waals surface area contributed by atoms with Crippen molar-refractivity contribution in [2.45, 2.75) is 83.3 Å². The van der Waals surface area contributed by atoms with Gasteiger partial charge in [-0.1, -0.05) is 20.8 Å². The average molecular weight is 687 g/mol. The van der Waals surface area contributed by atoms with E-state index in [1.807, 2.05) is 33.9 Å². The third-order valence-corrected chi connectivity index (χ3v) is 12.8. The molecule has 2 atom stereocenters. The first-order chi connectivity index (χ1) is 21.6. The summed E-state index contributed by atoms with van der Waals surface area (Å²) in [5, 5.41) is 8.03. The summed E-state index contributed by atoms with van der Waals surface area (Å²) in [6.07, 6.45) is -6.82. The molecule has 3 aromatic heterocycles. The van der Waals surface area contributed by atoms with Gasteiger partial charge in [-0.15, -0.1) is 0 Å². The summed E-state index contributed by atoms with van der Waals surface area (Å²) in [6, 6.07) is 2.96. The van der Waals surface area contributed by atoms with Gasteiger partial charge in [0.05, 0.1) is 34.5 Å². The third kappa shape index (κ3) is 7.89. The van der Waals surface area contributed by atoms with Crippen LogP contribution < -0.4 is 16.4 Å². The van der Waals surface area contributed by atoms with Gasteiger partial charge in [0, 0.05) is 31.2 Å². The van der Waals surface area contributed by atoms with Gasteiger partial charge in [-0.2, -0.15) is 31.4 Å². The molecule has 0 spiro atoms. The summed E-state index contributed by atoms with van der Waals surface area (Å²) in [4.78, 5) is 32.7. The smallest absolute Gasteiger partial charge is 0.412 e. The van der Waals surface area contributed by atoms with E-state index in [9.17, 15) is 35.9 Å². The van der Waals surface area contributed by atoms with Gasteiger partial charge in [-0.05, 0) is 55.1 Å². The topological polar surface area (TPSA) is 115 Å². The second-order valence-electron chi connectivity index (χ2n) is 12.7. The molecule has 0 saturated heterocycles. The number of aromatic amines is 1. The Morgan fingerprint density at radius 1 is 1.00 bits per heavy atom. The van der Waals surface area contributed by atoms with Crippen molar-refractivity contribution >= 4 is 24.8 Å². The Morgan fingerprint density at radius 3 is 2.21 bits per heavy atom. The van der Waals surface area contributed by atoms with Crippen LogP contribution in [0.1, 0.15) is 45.2 Å². The maximum atomic E-state index is 15.1. The normalized spacial score (nSPS) is 14.3. The molecule has 9 nitrogen and oxygen atoms in total. The Hall–Kier alpha value is -4.12. The van der Waals surface area contributed by atoms with Crippen molar-refractivity contribution in [3.05, 3.63) is 80.6 Å². The van der Waals surface area contributed by atoms with E-state index >= 15 is 4.39 Å². The van der Waals surface area contributed by atoms with Crippen molar-refractivity contribution in [1.29, 1.82) is 0 Å². The van der Waals surface area contributed by atoms with Crippen molar-refractivity contribution in [3.8, 4) is 11.4 Å². The van der Waals surface area contributed by atoms with E-state index in [0.717, 1.165) is 12.3 Å². The summed E-state index contributed by atoms with van der Waals surface area (Å²) >= 11 is 0. The molecule has 0 radical (unpaired) electrons. The van der Waals surface area contributed by atoms with Crippen molar-refractivity contribution < 1.29 is 35.2 Å². The molecule has 0 aliphatic heterocycles. The highest BCUT2D eigenvalue weighted by Gasteiger charge is 2.41. The largest absolute Gasteiger partial charge is 0.423 e. The molecule has 17 heteroatoms. The number of fused-ring (bicyclic) bond motifs is 1. The standard InChI is InChI=1S/C30H33F7N6O3Si/c1-16(41-22-15-40-42-26(44)24(22)30(35,36)37)23(46-47(5,6)28(2,3)4)8-10-43-9-7-17-11-20(21(31)12-19(17)27(43)45)25-38-13-18(14-39-25)29(32,33)34/h7,9,11-16,23H,8,10H2,1-6H3,(H2,41,42,44). The van der Waals surface area contributed by atoms with Crippen LogP contribution in [0.4, 0.5) is 36.4 Å². The second kappa shape index (κ2) is 12.8. The fourth-order valence-corrected chi connectivity index (χ4v) is 6.06. The SMILES string of the molecule is CC(Nc1cn[nH]c(=O)c1C(F)(F)F)C(CCn1ccc2cc(-c3ncc(C(F)(F)F)cn3)c(F)cc2c1=O)O[Si](C)(C)C(C)(C)C. The molecular weight excluding hydrogens is 653 g/mol. The third-order valence-electron chi connectivity index (χ3n) is 8.27. The highest BCUT2D eigenvalue weighted by atomic mass is 28.4. The number of nitrogens with zero attached hydrogens (tertiary/aromatic N) is 4. The van der Waals surface area contributed by atoms with Crippen LogP contribution in [-0.2, 0) is 23.3 Å². The van der Waals surface area contributed by atoms with Gasteiger partial charge >= 0.3 is 12.4 Å². The van der Waals surface area contributed by atoms with Crippen molar-refractivity contribution in [1.82, 2.24) is 24.7 Å². The van der Waals surface area contributed by atoms with Crippen LogP contribution in [0.25, 0.3) is 22.2 Å². The Morgan fingerprint density at radius 2 is 1.64 bits per heavy atom. The summed E-state index contributed by atoms with van der Waals surface area (Å²) in [5.74, 6) is -1.21. The lowest BCUT2D eigenvalue weighted by molar-refractivity contribution is -0.139. The van der Waals surface area contributed by atoms with Gasteiger partial charge in [0.1, 0.15) is 11.4 Å². The van der Waals surface area contributed by atoms with Crippen molar-refractivity contribution in [2.75, 3.05) is 5.32 Å². The number of H-pyrrole nitrogens is 1. The molecular formula is C30H33F7N6O3Si. The number of anilines is 1. The summed E-state index contributed by atoms with van der Waals surface area (Å²) in [6.45, 7) is 11.5. The fourth-order valence-electron chi connectivity index (χ4n) is 4.63. The van der Waals surface area contributed by atoms with E-state index in [2.05, 4.69) is 20.4 Å². The fraction of sp³-hybridized carbons (Fsp3) is 0.433. The zero-order chi connectivity index (χ0) is 35.1. The zero-order valence-corrected chi connectivity index (χ0v) is 27.3. The molecule has 4 aromatic rings. The van der Waals surface area contributed by atoms with Crippen LogP contribution >= 0.6 is 0 Å². The Kier molecular flexibility index (Phi) is 9.75. The van der Waals surface area contributed by atoms with Gasteiger partial charge in [-0.25, -0.2) is 19.5 Å². The van der Waals surface area contributed by atoms with Crippen LogP contribution in [0.3, 0.4) is 0 Å². The van der Waals surface area contributed by atoms with Crippen molar-refractivity contribution in [3.63, 3.8) is 0 Å². The molecule has 4 rings (SSSR count). The average Bonchev–Trinajstić information content (AvgIpc) is 2.94. The highest BCUT2D eigenvalue weighted by Crippen LogP contribution is 2.39. The Bertz CT molecular complexity index is 1870. The molecule has 0 aliphatic rings. The number of hydrogen-bond donors (Lipinski definition) is 2. The first-order valence-electron chi connectivity index (χ1n) is 14.4. The van der Waals surface area contributed by atoms with Gasteiger partial charge in [0.2, 0.25) is 0 Å². The zero-order valence-electron chi connectivity index (χ0n) is 26.3. The number of benzene rings is 1. The quantitative estimate of drug-likeness (QED) is 0.144. The number of aryl methyl sites for hydroxylation is 1. The first kappa shape index (κ1) is 35.7. The van der Waals surface area contributed by atoms with Crippen molar-refractivity contribution in [2.24, 2.45) is 0 Å². The lowest BCUT2D eigenvalue weighted by atomic mass is 10.1. The molecule has 0 aliphatic carbocycles. The molecule has 0 fully saturated rings. The predicted molar refractivity (Wildman–Crippen MR) is 164 cm³/mol. The molecule has 2 N–H and O–H groups in total. The van der Waals surface area contributed by atoms with E-state index in [0.29, 0.717) is 12.4 Å². The van der Waals surface area contributed by atoms with Crippen LogP contribution in [-0.4, -0.2) is 45.2 Å². The Labute approximate surface area is 265 Å². The van der Waals surface area contributed by atoms with Crippen LogP contribution in [0.15, 0.2) is 52.6 Å². The minimum Gasteiger partial charge on any atom is -0.412 e. The molecule has 254 valence electrons. The number of rotatable bonds is 9. The number of pyridine rings is 1. The molecule has 0 saturated carbocycles. The number of hydrogen-bond acceptors (Lipinski definition) is 7. The lowest BCUT2D eigenvalue weighted by Gasteiger charge is -2.41. The molecule has 0 amide bonds. The van der Waals surface area contributed by atoms with E-state index in [1.54, 1.807) is 12.0 Å². The molecule has 47 heavy (non-hydrogen) atoms. The van der Waals surface area contributed by atoms with Crippen LogP contribution in [0, 0.1) is 5.82 Å². The minimum absolute atomic E-state index is 0.0156. The van der Waals surface area contributed by atoms with Gasteiger partial charge < -0.3 is 14.3 Å². The number of aromatic nitrogens is 5. The Balaban J connectivity index is 1.64. The molecule has 1 aromatic carbocycles. The van der Waals surface area contributed by atoms with Gasteiger partial charge in [0.15, 0.2) is 14.1 Å². The molecule has 2 unspecified atom stereocenters. The van der Waals surface area contributed by atoms with Crippen LogP contribution in [0.5, 0.6) is 0 Å². The molecule has 0 bridgehead atoms. The van der Waals surface area contributed by atoms with E-state index in [4.69, 9.17) is 4.43 Å². The summed E-state index contributed by atoms with van der Waals surface area (Å²) in [7, 11) is -2.52. The summed E-state index contributed by atoms with van der Waals surface area (Å²) in [5.41, 5.74) is -5.23. The van der Waals surface area contributed by atoms with E-state index < -0.39 is 66.6 Å². The van der Waals surface area contributed by atoms with Gasteiger partial charge in [-0.3, -0.25) is 9.59 Å².